The van der Waals surface area contributed by atoms with Crippen molar-refractivity contribution in [2.75, 3.05) is 37.5 Å². The number of nitrogens with one attached hydrogen (secondary N) is 1. The third-order valence-electron chi connectivity index (χ3n) is 2.47. The number of halogens is 1. The second-order valence-electron chi connectivity index (χ2n) is 3.49. The lowest BCUT2D eigenvalue weighted by molar-refractivity contribution is 0.181. The van der Waals surface area contributed by atoms with E-state index in [0.29, 0.717) is 6.61 Å². The van der Waals surface area contributed by atoms with Gasteiger partial charge >= 0.3 is 0 Å². The molecule has 0 spiro atoms. The molecule has 0 aliphatic heterocycles. The minimum absolute atomic E-state index is 0.504. The molecule has 0 aliphatic carbocycles. The summed E-state index contributed by atoms with van der Waals surface area (Å²) in [7, 11) is 3.54. The molecule has 96 valence electrons. The van der Waals surface area contributed by atoms with Crippen molar-refractivity contribution in [3.63, 3.8) is 0 Å². The fourth-order valence-corrected chi connectivity index (χ4v) is 2.19. The number of nitrogens with zero attached hydrogens (tertiary/aromatic N) is 3. The molecule has 5 nitrogen and oxygen atoms in total. The van der Waals surface area contributed by atoms with E-state index in [4.69, 9.17) is 4.74 Å². The zero-order valence-electron chi connectivity index (χ0n) is 10.7. The highest BCUT2D eigenvalue weighted by Crippen LogP contribution is 2.22. The van der Waals surface area contributed by atoms with Crippen LogP contribution in [-0.4, -0.2) is 37.2 Å². The first kappa shape index (κ1) is 14.4. The molecule has 17 heavy (non-hydrogen) atoms. The van der Waals surface area contributed by atoms with Crippen molar-refractivity contribution in [1.82, 2.24) is 9.97 Å². The summed E-state index contributed by atoms with van der Waals surface area (Å²) in [5, 5.41) is 3.10. The first-order valence-corrected chi connectivity index (χ1v) is 6.73. The number of methoxy groups -OCH3 is 1. The van der Waals surface area contributed by atoms with E-state index in [1.165, 1.54) is 0 Å². The number of aromatic nitrogens is 2. The van der Waals surface area contributed by atoms with Gasteiger partial charge in [-0.25, -0.2) is 4.98 Å². The van der Waals surface area contributed by atoms with Crippen LogP contribution in [-0.2, 0) is 11.3 Å². The summed E-state index contributed by atoms with van der Waals surface area (Å²) in [5.41, 5.74) is 0.925. The van der Waals surface area contributed by atoms with Gasteiger partial charge in [0.15, 0.2) is 0 Å². The number of rotatable bonds is 6. The van der Waals surface area contributed by atoms with E-state index in [-0.39, 0.29) is 0 Å². The Balaban J connectivity index is 3.18. The molecule has 1 aromatic rings. The monoisotopic (exact) mass is 350 g/mol. The highest BCUT2D eigenvalue weighted by atomic mass is 127. The van der Waals surface area contributed by atoms with Crippen LogP contribution in [0.1, 0.15) is 19.5 Å². The first-order valence-electron chi connectivity index (χ1n) is 5.65. The molecule has 0 fully saturated rings. The smallest absolute Gasteiger partial charge is 0.227 e. The Hall–Kier alpha value is -0.630. The zero-order valence-corrected chi connectivity index (χ0v) is 12.9. The van der Waals surface area contributed by atoms with Crippen LogP contribution in [0.4, 0.5) is 11.8 Å². The number of anilines is 2. The van der Waals surface area contributed by atoms with Gasteiger partial charge in [0.25, 0.3) is 0 Å². The lowest BCUT2D eigenvalue weighted by Gasteiger charge is -2.20. The van der Waals surface area contributed by atoms with Gasteiger partial charge in [0, 0.05) is 27.2 Å². The predicted octanol–water partition coefficient (Wildman–Crippen LogP) is 2.12. The van der Waals surface area contributed by atoms with Crippen molar-refractivity contribution in [2.24, 2.45) is 0 Å². The van der Waals surface area contributed by atoms with E-state index in [9.17, 15) is 0 Å². The van der Waals surface area contributed by atoms with Gasteiger partial charge in [-0.05, 0) is 36.4 Å². The number of ether oxygens (including phenoxy) is 1. The number of hydrogen-bond donors (Lipinski definition) is 1. The second-order valence-corrected chi connectivity index (χ2v) is 4.57. The average molecular weight is 350 g/mol. The Labute approximate surface area is 116 Å². The molecule has 1 aromatic heterocycles. The molecular weight excluding hydrogens is 331 g/mol. The standard InChI is InChI=1S/C11H19IN4O/c1-5-16(6-2)11-14-8(7-17-4)9(12)10(13-3)15-11/h5-7H2,1-4H3,(H,13,14,15). The van der Waals surface area contributed by atoms with Crippen LogP contribution in [0.3, 0.4) is 0 Å². The molecule has 0 atom stereocenters. The summed E-state index contributed by atoms with van der Waals surface area (Å²) in [6, 6.07) is 0. The molecule has 0 aromatic carbocycles. The summed E-state index contributed by atoms with van der Waals surface area (Å²) < 4.78 is 6.19. The van der Waals surface area contributed by atoms with Gasteiger partial charge in [-0.2, -0.15) is 4.98 Å². The highest BCUT2D eigenvalue weighted by molar-refractivity contribution is 14.1. The molecule has 0 aliphatic rings. The summed E-state index contributed by atoms with van der Waals surface area (Å²) in [6.07, 6.45) is 0. The van der Waals surface area contributed by atoms with Gasteiger partial charge in [0.05, 0.1) is 15.9 Å². The second kappa shape index (κ2) is 6.95. The van der Waals surface area contributed by atoms with Crippen molar-refractivity contribution < 1.29 is 4.74 Å². The Morgan fingerprint density at radius 2 is 1.94 bits per heavy atom. The van der Waals surface area contributed by atoms with E-state index >= 15 is 0 Å². The summed E-state index contributed by atoms with van der Waals surface area (Å²) in [5.74, 6) is 1.61. The van der Waals surface area contributed by atoms with Crippen LogP contribution < -0.4 is 10.2 Å². The zero-order chi connectivity index (χ0) is 12.8. The fraction of sp³-hybridized carbons (Fsp3) is 0.636. The maximum atomic E-state index is 5.17. The van der Waals surface area contributed by atoms with Crippen LogP contribution in [0.5, 0.6) is 0 Å². The van der Waals surface area contributed by atoms with Crippen molar-refractivity contribution in [3.8, 4) is 0 Å². The molecule has 0 unspecified atom stereocenters. The molecule has 0 radical (unpaired) electrons. The first-order chi connectivity index (χ1) is 8.17. The Morgan fingerprint density at radius 3 is 2.41 bits per heavy atom. The Bertz CT molecular complexity index is 369. The maximum Gasteiger partial charge on any atom is 0.227 e. The molecule has 1 rings (SSSR count). The highest BCUT2D eigenvalue weighted by Gasteiger charge is 2.14. The molecule has 0 saturated heterocycles. The normalized spacial score (nSPS) is 10.4. The van der Waals surface area contributed by atoms with Crippen LogP contribution in [0, 0.1) is 3.57 Å². The molecule has 6 heteroatoms. The minimum atomic E-state index is 0.504. The fourth-order valence-electron chi connectivity index (χ4n) is 1.53. The summed E-state index contributed by atoms with van der Waals surface area (Å²) in [6.45, 7) is 6.49. The van der Waals surface area contributed by atoms with Gasteiger partial charge in [-0.3, -0.25) is 0 Å². The van der Waals surface area contributed by atoms with Crippen LogP contribution in [0.25, 0.3) is 0 Å². The van der Waals surface area contributed by atoms with Crippen LogP contribution in [0.2, 0.25) is 0 Å². The quantitative estimate of drug-likeness (QED) is 0.797. The van der Waals surface area contributed by atoms with Gasteiger partial charge in [0.1, 0.15) is 5.82 Å². The maximum absolute atomic E-state index is 5.17. The average Bonchev–Trinajstić information content (AvgIpc) is 2.34. The molecule has 1 N–H and O–H groups in total. The van der Waals surface area contributed by atoms with Gasteiger partial charge in [0.2, 0.25) is 5.95 Å². The number of hydrogen-bond acceptors (Lipinski definition) is 5. The van der Waals surface area contributed by atoms with Gasteiger partial charge in [-0.1, -0.05) is 0 Å². The minimum Gasteiger partial charge on any atom is -0.378 e. The Kier molecular flexibility index (Phi) is 5.90. The SMILES string of the molecule is CCN(CC)c1nc(COC)c(I)c(NC)n1. The van der Waals surface area contributed by atoms with E-state index in [1.54, 1.807) is 7.11 Å². The van der Waals surface area contributed by atoms with E-state index in [2.05, 4.69) is 56.6 Å². The van der Waals surface area contributed by atoms with Crippen LogP contribution >= 0.6 is 22.6 Å². The Morgan fingerprint density at radius 1 is 1.29 bits per heavy atom. The van der Waals surface area contributed by atoms with Crippen molar-refractivity contribution in [3.05, 3.63) is 9.26 Å². The molecule has 0 bridgehead atoms. The summed E-state index contributed by atoms with van der Waals surface area (Å²) >= 11 is 2.24. The van der Waals surface area contributed by atoms with Crippen molar-refractivity contribution >= 4 is 34.4 Å². The van der Waals surface area contributed by atoms with Crippen molar-refractivity contribution in [1.29, 1.82) is 0 Å². The topological polar surface area (TPSA) is 50.3 Å². The molecule has 0 amide bonds. The predicted molar refractivity (Wildman–Crippen MR) is 78.6 cm³/mol. The van der Waals surface area contributed by atoms with E-state index in [1.807, 2.05) is 7.05 Å². The van der Waals surface area contributed by atoms with Crippen LogP contribution in [0.15, 0.2) is 0 Å². The third kappa shape index (κ3) is 3.41. The summed E-state index contributed by atoms with van der Waals surface area (Å²) in [4.78, 5) is 11.2. The third-order valence-corrected chi connectivity index (χ3v) is 3.61. The van der Waals surface area contributed by atoms with E-state index in [0.717, 1.165) is 34.1 Å². The van der Waals surface area contributed by atoms with E-state index < -0.39 is 0 Å². The molecule has 0 saturated carbocycles. The van der Waals surface area contributed by atoms with Gasteiger partial charge in [-0.15, -0.1) is 0 Å². The lowest BCUT2D eigenvalue weighted by atomic mass is 10.4. The van der Waals surface area contributed by atoms with Gasteiger partial charge < -0.3 is 15.0 Å². The largest absolute Gasteiger partial charge is 0.378 e. The lowest BCUT2D eigenvalue weighted by Crippen LogP contribution is -2.25. The molecule has 1 heterocycles. The molecular formula is C11H19IN4O. The van der Waals surface area contributed by atoms with Crippen molar-refractivity contribution in [2.45, 2.75) is 20.5 Å².